The molecule has 1 N–H and O–H groups in total. The van der Waals surface area contributed by atoms with Gasteiger partial charge in [0, 0.05) is 4.90 Å². The molecule has 1 aromatic rings. The van der Waals surface area contributed by atoms with E-state index in [1.165, 1.54) is 0 Å². The number of thiol groups is 1. The Morgan fingerprint density at radius 1 is 1.43 bits per heavy atom. The minimum absolute atomic E-state index is 0.0603. The second-order valence-corrected chi connectivity index (χ2v) is 3.34. The molecular weight excluding hydrogens is 194 g/mol. The second-order valence-electron chi connectivity index (χ2n) is 2.82. The number of carbonyl (C=O) groups excluding carboxylic acids is 1. The van der Waals surface area contributed by atoms with Gasteiger partial charge in [0.05, 0.1) is 13.0 Å². The zero-order chi connectivity index (χ0) is 10.4. The lowest BCUT2D eigenvalue weighted by Gasteiger charge is -2.01. The molecule has 0 aliphatic carbocycles. The number of terminal acetylenes is 1. The highest BCUT2D eigenvalue weighted by atomic mass is 32.1. The Hall–Kier alpha value is -1.40. The fourth-order valence-corrected chi connectivity index (χ4v) is 1.16. The maximum absolute atomic E-state index is 11.2. The summed E-state index contributed by atoms with van der Waals surface area (Å²) in [4.78, 5) is 12.1. The lowest BCUT2D eigenvalue weighted by atomic mass is 10.1. The van der Waals surface area contributed by atoms with Gasteiger partial charge in [0.2, 0.25) is 5.91 Å². The summed E-state index contributed by atoms with van der Waals surface area (Å²) in [6.45, 7) is 0.281. The molecule has 0 unspecified atom stereocenters. The number of rotatable bonds is 3. The second kappa shape index (κ2) is 5.36. The van der Waals surface area contributed by atoms with Crippen LogP contribution in [0.15, 0.2) is 29.2 Å². The van der Waals surface area contributed by atoms with E-state index < -0.39 is 0 Å². The van der Waals surface area contributed by atoms with Crippen LogP contribution in [0.1, 0.15) is 5.56 Å². The van der Waals surface area contributed by atoms with E-state index in [1.54, 1.807) is 0 Å². The third-order valence-electron chi connectivity index (χ3n) is 1.69. The highest BCUT2D eigenvalue weighted by Gasteiger charge is 2.00. The highest BCUT2D eigenvalue weighted by molar-refractivity contribution is 7.80. The van der Waals surface area contributed by atoms with Crippen molar-refractivity contribution in [3.05, 3.63) is 29.8 Å². The first-order valence-corrected chi connectivity index (χ1v) is 4.65. The zero-order valence-electron chi connectivity index (χ0n) is 7.66. The van der Waals surface area contributed by atoms with Crippen molar-refractivity contribution in [1.82, 2.24) is 5.32 Å². The van der Waals surface area contributed by atoms with Gasteiger partial charge < -0.3 is 5.32 Å². The summed E-state index contributed by atoms with van der Waals surface area (Å²) in [6, 6.07) is 7.45. The van der Waals surface area contributed by atoms with Gasteiger partial charge in [-0.25, -0.2) is 0 Å². The van der Waals surface area contributed by atoms with Crippen LogP contribution in [0, 0.1) is 12.3 Å². The van der Waals surface area contributed by atoms with E-state index in [0.29, 0.717) is 6.42 Å². The Morgan fingerprint density at radius 2 is 2.07 bits per heavy atom. The van der Waals surface area contributed by atoms with E-state index in [9.17, 15) is 4.79 Å². The Kier molecular flexibility index (Phi) is 4.09. The van der Waals surface area contributed by atoms with Gasteiger partial charge in [-0.3, -0.25) is 4.79 Å². The molecular formula is C11H11NOS. The van der Waals surface area contributed by atoms with Crippen molar-refractivity contribution in [2.75, 3.05) is 6.54 Å². The molecule has 1 amide bonds. The normalized spacial score (nSPS) is 9.14. The molecule has 0 saturated carbocycles. The van der Waals surface area contributed by atoms with Crippen molar-refractivity contribution in [2.24, 2.45) is 0 Å². The van der Waals surface area contributed by atoms with Gasteiger partial charge in [0.1, 0.15) is 0 Å². The largest absolute Gasteiger partial charge is 0.345 e. The Bertz CT molecular complexity index is 351. The first-order chi connectivity index (χ1) is 6.72. The minimum Gasteiger partial charge on any atom is -0.345 e. The number of hydrogen-bond acceptors (Lipinski definition) is 2. The monoisotopic (exact) mass is 205 g/mol. The van der Waals surface area contributed by atoms with Gasteiger partial charge in [0.25, 0.3) is 0 Å². The maximum atomic E-state index is 11.2. The first kappa shape index (κ1) is 10.7. The fourth-order valence-electron chi connectivity index (χ4n) is 1.01. The van der Waals surface area contributed by atoms with Gasteiger partial charge in [-0.1, -0.05) is 18.1 Å². The fraction of sp³-hybridized carbons (Fsp3) is 0.182. The highest BCUT2D eigenvalue weighted by Crippen LogP contribution is 2.07. The van der Waals surface area contributed by atoms with Crippen LogP contribution >= 0.6 is 12.6 Å². The van der Waals surface area contributed by atoms with Gasteiger partial charge in [-0.2, -0.15) is 0 Å². The summed E-state index contributed by atoms with van der Waals surface area (Å²) < 4.78 is 0. The topological polar surface area (TPSA) is 29.1 Å². The van der Waals surface area contributed by atoms with Crippen LogP contribution in [0.4, 0.5) is 0 Å². The van der Waals surface area contributed by atoms with Crippen molar-refractivity contribution >= 4 is 18.5 Å². The molecule has 14 heavy (non-hydrogen) atoms. The Morgan fingerprint density at radius 3 is 2.64 bits per heavy atom. The Labute approximate surface area is 89.1 Å². The van der Waals surface area contributed by atoms with Crippen LogP contribution in [0.25, 0.3) is 0 Å². The van der Waals surface area contributed by atoms with E-state index in [1.807, 2.05) is 24.3 Å². The molecule has 0 atom stereocenters. The van der Waals surface area contributed by atoms with Crippen LogP contribution in [0.2, 0.25) is 0 Å². The minimum atomic E-state index is -0.0603. The number of hydrogen-bond donors (Lipinski definition) is 2. The van der Waals surface area contributed by atoms with Crippen molar-refractivity contribution in [2.45, 2.75) is 11.3 Å². The smallest absolute Gasteiger partial charge is 0.225 e. The average molecular weight is 205 g/mol. The van der Waals surface area contributed by atoms with Crippen LogP contribution in [-0.4, -0.2) is 12.5 Å². The molecule has 0 spiro atoms. The van der Waals surface area contributed by atoms with Crippen LogP contribution in [-0.2, 0) is 11.2 Å². The molecule has 3 heteroatoms. The molecule has 0 aliphatic rings. The third kappa shape index (κ3) is 3.55. The molecule has 0 saturated heterocycles. The average Bonchev–Trinajstić information content (AvgIpc) is 2.18. The summed E-state index contributed by atoms with van der Waals surface area (Å²) in [5, 5.41) is 2.60. The molecule has 0 aromatic heterocycles. The van der Waals surface area contributed by atoms with Gasteiger partial charge in [-0.15, -0.1) is 19.1 Å². The molecule has 1 aromatic carbocycles. The number of carbonyl (C=O) groups is 1. The molecule has 0 aliphatic heterocycles. The van der Waals surface area contributed by atoms with E-state index in [0.717, 1.165) is 10.5 Å². The van der Waals surface area contributed by atoms with Crippen molar-refractivity contribution in [3.63, 3.8) is 0 Å². The molecule has 2 nitrogen and oxygen atoms in total. The lowest BCUT2D eigenvalue weighted by molar-refractivity contribution is -0.120. The molecule has 0 heterocycles. The van der Waals surface area contributed by atoms with Crippen molar-refractivity contribution < 1.29 is 4.79 Å². The maximum Gasteiger partial charge on any atom is 0.225 e. The molecule has 0 radical (unpaired) electrons. The van der Waals surface area contributed by atoms with E-state index in [4.69, 9.17) is 6.42 Å². The first-order valence-electron chi connectivity index (χ1n) is 4.20. The standard InChI is InChI=1S/C11H11NOS/c1-2-7-12-11(13)8-9-3-5-10(14)6-4-9/h1,3-6,14H,7-8H2,(H,12,13). The summed E-state index contributed by atoms with van der Waals surface area (Å²) in [5.41, 5.74) is 0.956. The van der Waals surface area contributed by atoms with Gasteiger partial charge in [0.15, 0.2) is 0 Å². The SMILES string of the molecule is C#CCNC(=O)Cc1ccc(S)cc1. The lowest BCUT2D eigenvalue weighted by Crippen LogP contribution is -2.25. The Balaban J connectivity index is 2.49. The summed E-state index contributed by atoms with van der Waals surface area (Å²) in [7, 11) is 0. The number of nitrogens with one attached hydrogen (secondary N) is 1. The van der Waals surface area contributed by atoms with Crippen LogP contribution < -0.4 is 5.32 Å². The predicted octanol–water partition coefficient (Wildman–Crippen LogP) is 1.27. The van der Waals surface area contributed by atoms with Crippen LogP contribution in [0.5, 0.6) is 0 Å². The third-order valence-corrected chi connectivity index (χ3v) is 1.99. The summed E-state index contributed by atoms with van der Waals surface area (Å²) in [5.74, 6) is 2.29. The number of benzene rings is 1. The van der Waals surface area contributed by atoms with Crippen molar-refractivity contribution in [1.29, 1.82) is 0 Å². The van der Waals surface area contributed by atoms with Gasteiger partial charge in [-0.05, 0) is 17.7 Å². The molecule has 0 fully saturated rings. The van der Waals surface area contributed by atoms with Gasteiger partial charge >= 0.3 is 0 Å². The number of amides is 1. The summed E-state index contributed by atoms with van der Waals surface area (Å²) in [6.07, 6.45) is 5.37. The summed E-state index contributed by atoms with van der Waals surface area (Å²) >= 11 is 4.15. The van der Waals surface area contributed by atoms with Crippen molar-refractivity contribution in [3.8, 4) is 12.3 Å². The van der Waals surface area contributed by atoms with E-state index in [2.05, 4.69) is 23.9 Å². The van der Waals surface area contributed by atoms with E-state index in [-0.39, 0.29) is 12.5 Å². The van der Waals surface area contributed by atoms with E-state index >= 15 is 0 Å². The zero-order valence-corrected chi connectivity index (χ0v) is 8.55. The molecule has 1 rings (SSSR count). The molecule has 0 bridgehead atoms. The van der Waals surface area contributed by atoms with Crippen LogP contribution in [0.3, 0.4) is 0 Å². The molecule has 72 valence electrons. The quantitative estimate of drug-likeness (QED) is 0.564. The predicted molar refractivity (Wildman–Crippen MR) is 59.2 cm³/mol.